The van der Waals surface area contributed by atoms with Crippen molar-refractivity contribution in [2.24, 2.45) is 0 Å². The number of benzene rings is 1. The van der Waals surface area contributed by atoms with Crippen molar-refractivity contribution in [2.45, 2.75) is 37.1 Å². The minimum atomic E-state index is 0.171. The van der Waals surface area contributed by atoms with Crippen LogP contribution >= 0.6 is 23.1 Å². The largest absolute Gasteiger partial charge is 0.376 e. The maximum Gasteiger partial charge on any atom is 0.233 e. The van der Waals surface area contributed by atoms with E-state index in [0.29, 0.717) is 5.75 Å². The molecule has 1 aromatic carbocycles. The van der Waals surface area contributed by atoms with Crippen molar-refractivity contribution in [1.82, 2.24) is 15.1 Å². The van der Waals surface area contributed by atoms with Crippen molar-refractivity contribution in [3.05, 3.63) is 29.3 Å². The number of aromatic nitrogens is 2. The van der Waals surface area contributed by atoms with Crippen molar-refractivity contribution >= 4 is 39.8 Å². The summed E-state index contributed by atoms with van der Waals surface area (Å²) in [5.74, 6) is 0.578. The van der Waals surface area contributed by atoms with Gasteiger partial charge in [0.1, 0.15) is 0 Å². The molecule has 9 heteroatoms. The monoisotopic (exact) mass is 447 g/mol. The highest BCUT2D eigenvalue weighted by Gasteiger charge is 2.23. The van der Waals surface area contributed by atoms with Crippen molar-refractivity contribution in [1.29, 1.82) is 0 Å². The third-order valence-corrected chi connectivity index (χ3v) is 7.78. The lowest BCUT2D eigenvalue weighted by Gasteiger charge is -2.37. The summed E-state index contributed by atoms with van der Waals surface area (Å²) in [6.45, 7) is 9.20. The Bertz CT molecular complexity index is 861. The van der Waals surface area contributed by atoms with Crippen LogP contribution in [0.3, 0.4) is 0 Å². The van der Waals surface area contributed by atoms with Gasteiger partial charge < -0.3 is 19.9 Å². The summed E-state index contributed by atoms with van der Waals surface area (Å²) in [4.78, 5) is 17.0. The van der Waals surface area contributed by atoms with Gasteiger partial charge in [0.15, 0.2) is 4.34 Å². The highest BCUT2D eigenvalue weighted by molar-refractivity contribution is 8.01. The van der Waals surface area contributed by atoms with Crippen molar-refractivity contribution < 1.29 is 9.53 Å². The van der Waals surface area contributed by atoms with Crippen molar-refractivity contribution in [3.8, 4) is 0 Å². The normalized spacial score (nSPS) is 19.3. The molecule has 0 saturated carbocycles. The number of rotatable bonds is 7. The fraction of sp³-hybridized carbons (Fsp3) is 0.571. The highest BCUT2D eigenvalue weighted by Crippen LogP contribution is 2.27. The third-order valence-electron chi connectivity index (χ3n) is 5.78. The molecule has 0 bridgehead atoms. The van der Waals surface area contributed by atoms with Crippen LogP contribution in [0.1, 0.15) is 24.0 Å². The molecule has 3 heterocycles. The molecule has 7 nitrogen and oxygen atoms in total. The molecule has 0 aliphatic carbocycles. The number of nitrogens with zero attached hydrogens (tertiary/aromatic N) is 4. The molecule has 2 saturated heterocycles. The predicted octanol–water partition coefficient (Wildman–Crippen LogP) is 3.19. The van der Waals surface area contributed by atoms with Gasteiger partial charge in [0.05, 0.1) is 11.9 Å². The standard InChI is InChI=1S/C21H29N5O2S2/c1-15-5-3-7-18(16(15)2)25-8-10-26(11-9-25)19(27)14-29-21-24-23-20(30-21)22-13-17-6-4-12-28-17/h3,5,7,17H,4,6,8-14H2,1-2H3,(H,22,23)/t17-/m1/s1. The van der Waals surface area contributed by atoms with Gasteiger partial charge in [-0.2, -0.15) is 0 Å². The lowest BCUT2D eigenvalue weighted by molar-refractivity contribution is -0.128. The SMILES string of the molecule is Cc1cccc(N2CCN(C(=O)CSc3nnc(NC[C@H]4CCCO4)s3)CC2)c1C. The quantitative estimate of drug-likeness (QED) is 0.654. The Morgan fingerprint density at radius 2 is 2.10 bits per heavy atom. The second kappa shape index (κ2) is 9.98. The van der Waals surface area contributed by atoms with Crippen LogP contribution in [0.2, 0.25) is 0 Å². The number of carbonyl (C=O) groups excluding carboxylic acids is 1. The van der Waals surface area contributed by atoms with E-state index < -0.39 is 0 Å². The zero-order valence-electron chi connectivity index (χ0n) is 17.6. The summed E-state index contributed by atoms with van der Waals surface area (Å²) in [5, 5.41) is 12.5. The van der Waals surface area contributed by atoms with Gasteiger partial charge in [-0.1, -0.05) is 35.2 Å². The summed E-state index contributed by atoms with van der Waals surface area (Å²) in [6, 6.07) is 6.43. The van der Waals surface area contributed by atoms with E-state index in [0.717, 1.165) is 61.6 Å². The van der Waals surface area contributed by atoms with Gasteiger partial charge in [0.2, 0.25) is 11.0 Å². The van der Waals surface area contributed by atoms with Crippen LogP contribution < -0.4 is 10.2 Å². The Morgan fingerprint density at radius 1 is 1.27 bits per heavy atom. The van der Waals surface area contributed by atoms with E-state index in [1.165, 1.54) is 39.9 Å². The molecule has 4 rings (SSSR count). The van der Waals surface area contributed by atoms with Crippen molar-refractivity contribution in [2.75, 3.05) is 55.3 Å². The van der Waals surface area contributed by atoms with Gasteiger partial charge in [0, 0.05) is 45.0 Å². The van der Waals surface area contributed by atoms with Crippen LogP contribution in [-0.4, -0.2) is 72.2 Å². The number of amides is 1. The fourth-order valence-corrected chi connectivity index (χ4v) is 5.50. The second-order valence-electron chi connectivity index (χ2n) is 7.76. The number of thioether (sulfide) groups is 1. The lowest BCUT2D eigenvalue weighted by Crippen LogP contribution is -2.49. The van der Waals surface area contributed by atoms with Crippen LogP contribution in [0.25, 0.3) is 0 Å². The van der Waals surface area contributed by atoms with E-state index in [4.69, 9.17) is 4.74 Å². The molecule has 2 aliphatic heterocycles. The summed E-state index contributed by atoms with van der Waals surface area (Å²) >= 11 is 2.97. The summed E-state index contributed by atoms with van der Waals surface area (Å²) < 4.78 is 6.44. The number of aryl methyl sites for hydroxylation is 1. The van der Waals surface area contributed by atoms with Crippen LogP contribution in [0.4, 0.5) is 10.8 Å². The summed E-state index contributed by atoms with van der Waals surface area (Å²) in [5.41, 5.74) is 3.92. The zero-order valence-corrected chi connectivity index (χ0v) is 19.2. The van der Waals surface area contributed by atoms with E-state index in [1.54, 1.807) is 0 Å². The van der Waals surface area contributed by atoms with Crippen LogP contribution in [0.5, 0.6) is 0 Å². The molecule has 1 atom stereocenters. The van der Waals surface area contributed by atoms with E-state index in [2.05, 4.69) is 52.5 Å². The Labute approximate surface area is 186 Å². The first-order valence-corrected chi connectivity index (χ1v) is 12.3. The molecule has 2 aromatic rings. The van der Waals surface area contributed by atoms with E-state index in [9.17, 15) is 4.79 Å². The molecule has 1 aromatic heterocycles. The van der Waals surface area contributed by atoms with Crippen LogP contribution in [-0.2, 0) is 9.53 Å². The average molecular weight is 448 g/mol. The first-order chi connectivity index (χ1) is 14.6. The zero-order chi connectivity index (χ0) is 20.9. The first-order valence-electron chi connectivity index (χ1n) is 10.5. The molecule has 2 fully saturated rings. The second-order valence-corrected chi connectivity index (χ2v) is 9.96. The van der Waals surface area contributed by atoms with Gasteiger partial charge in [-0.25, -0.2) is 0 Å². The smallest absolute Gasteiger partial charge is 0.233 e. The number of anilines is 2. The van der Waals surface area contributed by atoms with Gasteiger partial charge >= 0.3 is 0 Å². The molecule has 2 aliphatic rings. The number of ether oxygens (including phenoxy) is 1. The number of piperazine rings is 1. The first kappa shape index (κ1) is 21.4. The molecule has 162 valence electrons. The molecular formula is C21H29N5O2S2. The van der Waals surface area contributed by atoms with E-state index >= 15 is 0 Å². The highest BCUT2D eigenvalue weighted by atomic mass is 32.2. The third kappa shape index (κ3) is 5.25. The molecular weight excluding hydrogens is 418 g/mol. The summed E-state index contributed by atoms with van der Waals surface area (Å²) in [7, 11) is 0. The van der Waals surface area contributed by atoms with Gasteiger partial charge in [0.25, 0.3) is 0 Å². The molecule has 1 N–H and O–H groups in total. The maximum absolute atomic E-state index is 12.7. The molecule has 0 unspecified atom stereocenters. The molecule has 30 heavy (non-hydrogen) atoms. The number of carbonyl (C=O) groups is 1. The number of hydrogen-bond acceptors (Lipinski definition) is 8. The minimum Gasteiger partial charge on any atom is -0.376 e. The molecule has 0 spiro atoms. The fourth-order valence-electron chi connectivity index (χ4n) is 3.84. The Kier molecular flexibility index (Phi) is 7.12. The predicted molar refractivity (Wildman–Crippen MR) is 123 cm³/mol. The molecule has 0 radical (unpaired) electrons. The topological polar surface area (TPSA) is 70.6 Å². The minimum absolute atomic E-state index is 0.171. The summed E-state index contributed by atoms with van der Waals surface area (Å²) in [6.07, 6.45) is 2.50. The lowest BCUT2D eigenvalue weighted by atomic mass is 10.1. The van der Waals surface area contributed by atoms with Crippen LogP contribution in [0, 0.1) is 13.8 Å². The van der Waals surface area contributed by atoms with Gasteiger partial charge in [-0.15, -0.1) is 10.2 Å². The number of nitrogens with one attached hydrogen (secondary N) is 1. The van der Waals surface area contributed by atoms with E-state index in [-0.39, 0.29) is 12.0 Å². The molecule has 1 amide bonds. The van der Waals surface area contributed by atoms with Gasteiger partial charge in [-0.05, 0) is 43.9 Å². The Hall–Kier alpha value is -1.84. The van der Waals surface area contributed by atoms with Gasteiger partial charge in [-0.3, -0.25) is 4.79 Å². The Balaban J connectivity index is 1.21. The van der Waals surface area contributed by atoms with Crippen molar-refractivity contribution in [3.63, 3.8) is 0 Å². The Morgan fingerprint density at radius 3 is 2.87 bits per heavy atom. The van der Waals surface area contributed by atoms with E-state index in [1.807, 2.05) is 4.90 Å². The number of hydrogen-bond donors (Lipinski definition) is 1. The maximum atomic E-state index is 12.7. The average Bonchev–Trinajstić information content (AvgIpc) is 3.44. The van der Waals surface area contributed by atoms with Crippen LogP contribution in [0.15, 0.2) is 22.5 Å².